The molecule has 11 nitrogen and oxygen atoms in total. The first kappa shape index (κ1) is 15.9. The van der Waals surface area contributed by atoms with E-state index < -0.39 is 10.8 Å². The number of amides is 1. The Bertz CT molecular complexity index is 769. The summed E-state index contributed by atoms with van der Waals surface area (Å²) < 4.78 is 4.29. The van der Waals surface area contributed by atoms with Crippen LogP contribution in [0.2, 0.25) is 0 Å². The van der Waals surface area contributed by atoms with E-state index >= 15 is 0 Å². The Balaban J connectivity index is 2.14. The molecule has 1 heterocycles. The van der Waals surface area contributed by atoms with E-state index in [2.05, 4.69) is 25.5 Å². The van der Waals surface area contributed by atoms with Crippen molar-refractivity contribution in [2.75, 3.05) is 24.7 Å². The van der Waals surface area contributed by atoms with Crippen LogP contribution in [-0.4, -0.2) is 41.5 Å². The molecule has 0 aliphatic carbocycles. The van der Waals surface area contributed by atoms with Gasteiger partial charge in [-0.3, -0.25) is 14.9 Å². The highest BCUT2D eigenvalue weighted by Gasteiger charge is 2.16. The van der Waals surface area contributed by atoms with Crippen LogP contribution in [0.5, 0.6) is 0 Å². The molecule has 1 aromatic heterocycles. The van der Waals surface area contributed by atoms with E-state index in [4.69, 9.17) is 5.73 Å². The van der Waals surface area contributed by atoms with Crippen LogP contribution in [0.1, 0.15) is 16.1 Å². The number of nitro groups is 1. The first-order valence-electron chi connectivity index (χ1n) is 6.27. The standard InChI is InChI=1S/C12H13N7O4/c1-18(2)8-4-3-7(5-9(8)19(21)22)6-14-15-12(20)10-11(13)17-23-16-10/h3-6H,1-2H3,(H2,13,17)(H,15,20)/b14-6+. The zero-order chi connectivity index (χ0) is 17.0. The number of hydrazone groups is 1. The average Bonchev–Trinajstić information content (AvgIpc) is 2.93. The Morgan fingerprint density at radius 3 is 2.78 bits per heavy atom. The molecule has 0 bridgehead atoms. The van der Waals surface area contributed by atoms with Crippen molar-refractivity contribution in [1.29, 1.82) is 0 Å². The third kappa shape index (κ3) is 3.58. The van der Waals surface area contributed by atoms with E-state index in [-0.39, 0.29) is 17.2 Å². The topological polar surface area (TPSA) is 153 Å². The molecule has 0 aliphatic heterocycles. The highest BCUT2D eigenvalue weighted by Crippen LogP contribution is 2.27. The summed E-state index contributed by atoms with van der Waals surface area (Å²) in [5.74, 6) is -0.872. The van der Waals surface area contributed by atoms with Gasteiger partial charge < -0.3 is 10.6 Å². The second-order valence-electron chi connectivity index (χ2n) is 4.60. The van der Waals surface area contributed by atoms with Gasteiger partial charge in [0.05, 0.1) is 11.1 Å². The number of benzene rings is 1. The summed E-state index contributed by atoms with van der Waals surface area (Å²) in [5.41, 5.74) is 8.15. The molecule has 1 aromatic carbocycles. The maximum atomic E-state index is 11.7. The second-order valence-corrected chi connectivity index (χ2v) is 4.60. The summed E-state index contributed by atoms with van der Waals surface area (Å²) in [6.45, 7) is 0. The predicted octanol–water partition coefficient (Wildman–Crippen LogP) is 0.390. The van der Waals surface area contributed by atoms with E-state index in [9.17, 15) is 14.9 Å². The number of nitrogens with two attached hydrogens (primary N) is 1. The van der Waals surface area contributed by atoms with Gasteiger partial charge in [-0.1, -0.05) is 6.07 Å². The number of carbonyl (C=O) groups excluding carboxylic acids is 1. The molecule has 0 aliphatic rings. The van der Waals surface area contributed by atoms with Gasteiger partial charge in [0, 0.05) is 25.7 Å². The molecule has 11 heteroatoms. The molecule has 0 fully saturated rings. The van der Waals surface area contributed by atoms with Crippen molar-refractivity contribution in [3.63, 3.8) is 0 Å². The van der Waals surface area contributed by atoms with Crippen LogP contribution in [0.25, 0.3) is 0 Å². The molecular formula is C12H13N7O4. The van der Waals surface area contributed by atoms with Crippen LogP contribution >= 0.6 is 0 Å². The number of nitro benzene ring substituents is 1. The van der Waals surface area contributed by atoms with Gasteiger partial charge in [0.2, 0.25) is 11.5 Å². The van der Waals surface area contributed by atoms with Crippen molar-refractivity contribution in [2.24, 2.45) is 5.10 Å². The minimum Gasteiger partial charge on any atom is -0.379 e. The van der Waals surface area contributed by atoms with E-state index in [1.807, 2.05) is 0 Å². The Labute approximate surface area is 129 Å². The maximum Gasteiger partial charge on any atom is 0.297 e. The lowest BCUT2D eigenvalue weighted by Crippen LogP contribution is -2.19. The molecule has 120 valence electrons. The summed E-state index contributed by atoms with van der Waals surface area (Å²) in [6.07, 6.45) is 1.26. The smallest absolute Gasteiger partial charge is 0.297 e. The number of nitrogens with one attached hydrogen (secondary N) is 1. The molecule has 0 saturated heterocycles. The van der Waals surface area contributed by atoms with Crippen LogP contribution < -0.4 is 16.1 Å². The van der Waals surface area contributed by atoms with Crippen LogP contribution in [0.4, 0.5) is 17.2 Å². The lowest BCUT2D eigenvalue weighted by atomic mass is 10.2. The molecule has 0 spiro atoms. The number of hydrogen-bond donors (Lipinski definition) is 2. The Morgan fingerprint density at radius 2 is 2.22 bits per heavy atom. The third-order valence-corrected chi connectivity index (χ3v) is 2.79. The van der Waals surface area contributed by atoms with Gasteiger partial charge in [-0.2, -0.15) is 5.10 Å². The maximum absolute atomic E-state index is 11.7. The number of hydrogen-bond acceptors (Lipinski definition) is 9. The summed E-state index contributed by atoms with van der Waals surface area (Å²) in [7, 11) is 3.40. The number of nitrogen functional groups attached to an aromatic ring is 1. The predicted molar refractivity (Wildman–Crippen MR) is 81.2 cm³/mol. The summed E-state index contributed by atoms with van der Waals surface area (Å²) in [5, 5.41) is 21.3. The lowest BCUT2D eigenvalue weighted by Gasteiger charge is -2.12. The molecular weight excluding hydrogens is 306 g/mol. The molecule has 0 saturated carbocycles. The van der Waals surface area contributed by atoms with Crippen molar-refractivity contribution in [1.82, 2.24) is 15.7 Å². The Morgan fingerprint density at radius 1 is 1.48 bits per heavy atom. The molecule has 23 heavy (non-hydrogen) atoms. The number of aromatic nitrogens is 2. The van der Waals surface area contributed by atoms with Crippen molar-refractivity contribution in [3.05, 3.63) is 39.6 Å². The van der Waals surface area contributed by atoms with E-state index in [0.717, 1.165) is 0 Å². The molecule has 0 atom stereocenters. The minimum atomic E-state index is -0.709. The van der Waals surface area contributed by atoms with Gasteiger partial charge in [0.15, 0.2) is 0 Å². The van der Waals surface area contributed by atoms with Crippen molar-refractivity contribution >= 4 is 29.3 Å². The fraction of sp³-hybridized carbons (Fsp3) is 0.167. The highest BCUT2D eigenvalue weighted by molar-refractivity contribution is 5.96. The van der Waals surface area contributed by atoms with Gasteiger partial charge >= 0.3 is 0 Å². The first-order chi connectivity index (χ1) is 10.9. The number of anilines is 2. The molecule has 0 unspecified atom stereocenters. The van der Waals surface area contributed by atoms with Crippen molar-refractivity contribution in [3.8, 4) is 0 Å². The quantitative estimate of drug-likeness (QED) is 0.456. The summed E-state index contributed by atoms with van der Waals surface area (Å²) in [6, 6.07) is 4.56. The largest absolute Gasteiger partial charge is 0.379 e. The summed E-state index contributed by atoms with van der Waals surface area (Å²) in [4.78, 5) is 23.9. The van der Waals surface area contributed by atoms with Crippen LogP contribution in [0.3, 0.4) is 0 Å². The fourth-order valence-corrected chi connectivity index (χ4v) is 1.72. The second kappa shape index (κ2) is 6.51. The highest BCUT2D eigenvalue weighted by atomic mass is 16.6. The number of rotatable bonds is 5. The first-order valence-corrected chi connectivity index (χ1v) is 6.27. The average molecular weight is 319 g/mol. The van der Waals surface area contributed by atoms with Gasteiger partial charge in [0.25, 0.3) is 11.6 Å². The van der Waals surface area contributed by atoms with E-state index in [0.29, 0.717) is 11.3 Å². The van der Waals surface area contributed by atoms with Crippen molar-refractivity contribution in [2.45, 2.75) is 0 Å². The SMILES string of the molecule is CN(C)c1ccc(/C=N/NC(=O)c2nonc2N)cc1[N+](=O)[O-]. The van der Waals surface area contributed by atoms with E-state index in [1.165, 1.54) is 12.3 Å². The van der Waals surface area contributed by atoms with Crippen LogP contribution in [0.15, 0.2) is 27.9 Å². The monoisotopic (exact) mass is 319 g/mol. The van der Waals surface area contributed by atoms with Gasteiger partial charge in [-0.25, -0.2) is 10.1 Å². The number of carbonyl (C=O) groups is 1. The zero-order valence-corrected chi connectivity index (χ0v) is 12.3. The normalized spacial score (nSPS) is 10.7. The lowest BCUT2D eigenvalue weighted by molar-refractivity contribution is -0.384. The molecule has 2 aromatic rings. The van der Waals surface area contributed by atoms with Gasteiger partial charge in [-0.15, -0.1) is 0 Å². The van der Waals surface area contributed by atoms with Gasteiger partial charge in [-0.05, 0) is 16.4 Å². The van der Waals surface area contributed by atoms with Gasteiger partial charge in [0.1, 0.15) is 5.69 Å². The third-order valence-electron chi connectivity index (χ3n) is 2.79. The van der Waals surface area contributed by atoms with Crippen LogP contribution in [-0.2, 0) is 0 Å². The van der Waals surface area contributed by atoms with Crippen molar-refractivity contribution < 1.29 is 14.3 Å². The summed E-state index contributed by atoms with van der Waals surface area (Å²) >= 11 is 0. The minimum absolute atomic E-state index is 0.0739. The molecule has 1 amide bonds. The molecule has 0 radical (unpaired) electrons. The Hall–Kier alpha value is -3.50. The Kier molecular flexibility index (Phi) is 4.50. The van der Waals surface area contributed by atoms with E-state index in [1.54, 1.807) is 31.1 Å². The fourth-order valence-electron chi connectivity index (χ4n) is 1.72. The number of nitrogens with zero attached hydrogens (tertiary/aromatic N) is 5. The zero-order valence-electron chi connectivity index (χ0n) is 12.3. The molecule has 3 N–H and O–H groups in total. The van der Waals surface area contributed by atoms with Crippen LogP contribution in [0, 0.1) is 10.1 Å². The molecule has 2 rings (SSSR count).